The van der Waals surface area contributed by atoms with Crippen LogP contribution in [0, 0.1) is 34.6 Å². The zero-order valence-electron chi connectivity index (χ0n) is 59.1. The minimum absolute atomic E-state index is 0. The van der Waals surface area contributed by atoms with Crippen LogP contribution in [0.25, 0.3) is 0 Å². The van der Waals surface area contributed by atoms with Crippen molar-refractivity contribution < 1.29 is 109 Å². The van der Waals surface area contributed by atoms with E-state index in [2.05, 4.69) is 67.8 Å². The van der Waals surface area contributed by atoms with Gasteiger partial charge >= 0.3 is 37.6 Å². The van der Waals surface area contributed by atoms with E-state index >= 15 is 0 Å². The maximum absolute atomic E-state index is 13.5. The first-order chi connectivity index (χ1) is 45.8. The number of nitrogens with one attached hydrogen (secondary N) is 5. The molecule has 3 aromatic carbocycles. The summed E-state index contributed by atoms with van der Waals surface area (Å²) in [7, 11) is -13.5. The van der Waals surface area contributed by atoms with Gasteiger partial charge in [-0.1, -0.05) is 41.5 Å². The van der Waals surface area contributed by atoms with E-state index in [1.54, 1.807) is 19.9 Å². The summed E-state index contributed by atoms with van der Waals surface area (Å²) in [6.07, 6.45) is 14.9. The number of aromatic nitrogens is 2. The van der Waals surface area contributed by atoms with Crippen LogP contribution in [0.15, 0.2) is 102 Å². The molecule has 528 valence electrons. The third-order valence-electron chi connectivity index (χ3n) is 15.5. The number of hydrogen-bond donors (Lipinski definition) is 5. The van der Waals surface area contributed by atoms with Crippen molar-refractivity contribution in [2.45, 2.75) is 118 Å². The van der Waals surface area contributed by atoms with E-state index in [-0.39, 0.29) is 36.6 Å². The topological polar surface area (TPSA) is 312 Å². The van der Waals surface area contributed by atoms with Crippen molar-refractivity contribution in [1.82, 2.24) is 10.3 Å². The maximum atomic E-state index is 13.5. The summed E-state index contributed by atoms with van der Waals surface area (Å²) in [5, 5.41) is 13.4. The molecule has 7 aliphatic heterocycles. The summed E-state index contributed by atoms with van der Waals surface area (Å²) in [4.78, 5) is 28.5. The molecule has 7 unspecified atom stereocenters. The molecular weight excluding hydrogens is 1350 g/mol. The minimum atomic E-state index is -3.64. The maximum Gasteiger partial charge on any atom is 1.00 e. The van der Waals surface area contributed by atoms with E-state index in [4.69, 9.17) is 37.7 Å². The van der Waals surface area contributed by atoms with E-state index in [1.165, 1.54) is 17.2 Å². The molecule has 7 atom stereocenters. The largest absolute Gasteiger partial charge is 1.00 e. The second-order valence-corrected chi connectivity index (χ2v) is 35.4. The average Bonchev–Trinajstić information content (AvgIpc) is 1.29. The first kappa shape index (κ1) is 82.7. The van der Waals surface area contributed by atoms with Gasteiger partial charge in [-0.2, -0.15) is 8.42 Å². The smallest absolute Gasteiger partial charge is 1.00 e. The van der Waals surface area contributed by atoms with Gasteiger partial charge in [0.2, 0.25) is 22.1 Å². The van der Waals surface area contributed by atoms with Crippen molar-refractivity contribution >= 4 is 69.9 Å². The Morgan fingerprint density at radius 2 is 1.26 bits per heavy atom. The number of anilines is 3. The van der Waals surface area contributed by atoms with Crippen molar-refractivity contribution in [1.29, 1.82) is 0 Å². The van der Waals surface area contributed by atoms with E-state index < -0.39 is 51.8 Å². The van der Waals surface area contributed by atoms with Crippen molar-refractivity contribution in [2.75, 3.05) is 119 Å². The third-order valence-corrected chi connectivity index (χ3v) is 25.8. The van der Waals surface area contributed by atoms with Crippen LogP contribution < -0.4 is 75.8 Å². The number of aryl methyl sites for hydroxylation is 5. The number of aldehydes is 2. The Balaban J connectivity index is 0.000000258. The number of aromatic amines is 1. The number of rotatable bonds is 15. The number of hydrogen-bond acceptors (Lipinski definition) is 22. The summed E-state index contributed by atoms with van der Waals surface area (Å²) in [6.45, 7) is 26.0. The van der Waals surface area contributed by atoms with Crippen LogP contribution in [-0.2, 0) is 73.3 Å². The number of nitrogens with two attached hydrogens (primary N) is 1. The number of allylic oxidation sites excluding steroid dienone is 3. The number of ether oxygens (including phenoxy) is 3. The van der Waals surface area contributed by atoms with Crippen molar-refractivity contribution in [2.24, 2.45) is 5.73 Å². The van der Waals surface area contributed by atoms with Gasteiger partial charge in [-0.25, -0.2) is 4.98 Å². The summed E-state index contributed by atoms with van der Waals surface area (Å²) in [5.74, 6) is 1.58. The Labute approximate surface area is 598 Å². The van der Waals surface area contributed by atoms with Gasteiger partial charge in [0.25, 0.3) is 10.1 Å². The van der Waals surface area contributed by atoms with Crippen molar-refractivity contribution in [3.05, 3.63) is 153 Å². The van der Waals surface area contributed by atoms with Gasteiger partial charge in [-0.05, 0) is 162 Å². The fourth-order valence-electron chi connectivity index (χ4n) is 10.7. The van der Waals surface area contributed by atoms with E-state index in [0.29, 0.717) is 84.2 Å². The molecule has 0 saturated carbocycles. The molecule has 12 rings (SSSR count). The molecule has 29 heteroatoms. The monoisotopic (exact) mass is 1450 g/mol. The number of carbonyl (C=O) groups is 2. The number of H-pyrrole nitrogens is 1. The summed E-state index contributed by atoms with van der Waals surface area (Å²) in [6, 6.07) is 22.1. The molecule has 0 amide bonds. The molecule has 7 aliphatic rings. The molecule has 5 aromatic rings. The summed E-state index contributed by atoms with van der Waals surface area (Å²) >= 11 is 0. The first-order valence-electron chi connectivity index (χ1n) is 32.4. The number of pyridine rings is 2. The molecule has 7 N–H and O–H groups in total. The van der Waals surface area contributed by atoms with Crippen LogP contribution in [-0.4, -0.2) is 135 Å². The summed E-state index contributed by atoms with van der Waals surface area (Å²) < 4.78 is 114. The number of fused-ring (bicyclic) bond motifs is 3. The Morgan fingerprint density at radius 1 is 0.701 bits per heavy atom. The molecule has 2 aromatic heterocycles. The molecular formula is C68H100N7NaO16P4S+2. The molecule has 4 fully saturated rings. The van der Waals surface area contributed by atoms with Crippen LogP contribution >= 0.6 is 30.1 Å². The molecule has 0 spiro atoms. The van der Waals surface area contributed by atoms with E-state index in [0.717, 1.165) is 155 Å². The van der Waals surface area contributed by atoms with Gasteiger partial charge in [0.15, 0.2) is 23.9 Å². The molecule has 0 bridgehead atoms. The van der Waals surface area contributed by atoms with Crippen molar-refractivity contribution in [3.8, 4) is 17.2 Å². The Hall–Kier alpha value is -4.96. The molecule has 9 heterocycles. The minimum Gasteiger partial charge on any atom is -1.00 e. The standard InChI is InChI=1S/C21H28N3O3P.C14H18NO4P.C9H11NO.C9H17O5PS.C7H10N2.C5H8O.C3H6O2P.Na.H/c1-15-4-5-18(24-12-15)13-22-14-20(28(25)9-3-7-27-28)17-10-16(2)21-19(11-17)26-8-6-23-21;1-10-7-11(8-12-14(10)15-3-5-18-12)13(9-16)20(17)6-2-4-19-20;1-7-3-2-4-8-9(7)10-5-6-11-8;1-8(2)7-9(14-16(3,11)12)15(10)6-4-5-13-15;1-6-2-3-7(4-8)9-5-6;1-5(2)3-4-6;4-6-3-1-2-5-6;;/h4-5,10-12,20,22-23H,3,6-9,13-14H2,1-2H3;7-9,13,15H,2-6H2,1H3;2-4,10H,5-6H2,1H3;7,9H,4-6H2,1-3H3;2-3,5H,4,8H2,1H3;3-4H,1-2H3;1-3H2;;/q;;;;;;2*+1;-1/p+1. The SMILES string of the molecule is CC(C)=CC(OS(C)(=O)=O)P1(=O)CCCO1.CC(C)=CC=O.Cc1cc(C(C=O)P2(=O)CCCO2)cc2c1NCCO2.Cc1ccc(CN)[nH+]c1.Cc1ccc(CNCC(c2cc(C)c3c(c2)OCCN3)P2(=O)CCCO2)nc1.Cc1cccc2c1NCCO2.O=[P+]1CCCO1.[H-].[Na+]. The predicted octanol–water partition coefficient (Wildman–Crippen LogP) is 10.2. The number of carbonyl (C=O) groups excluding carboxylic acids is 2. The third kappa shape index (κ3) is 26.8. The normalized spacial score (nSPS) is 21.1. The first-order valence-corrected chi connectivity index (χ1v) is 41.2. The molecule has 0 aliphatic carbocycles. The van der Waals surface area contributed by atoms with Crippen LogP contribution in [0.3, 0.4) is 0 Å². The van der Waals surface area contributed by atoms with E-state index in [1.807, 2.05) is 95.5 Å². The number of nitrogens with zero attached hydrogens (tertiary/aromatic N) is 1. The zero-order chi connectivity index (χ0) is 69.9. The van der Waals surface area contributed by atoms with Gasteiger partial charge in [0.1, 0.15) is 61.9 Å². The predicted molar refractivity (Wildman–Crippen MR) is 381 cm³/mol. The van der Waals surface area contributed by atoms with Crippen LogP contribution in [0.2, 0.25) is 0 Å². The molecule has 0 radical (unpaired) electrons. The van der Waals surface area contributed by atoms with Gasteiger partial charge in [-0.3, -0.25) is 27.7 Å². The van der Waals surface area contributed by atoms with E-state index in [9.17, 15) is 36.3 Å². The van der Waals surface area contributed by atoms with Gasteiger partial charge < -0.3 is 61.0 Å². The molecule has 23 nitrogen and oxygen atoms in total. The molecule has 4 saturated heterocycles. The van der Waals surface area contributed by atoms with Gasteiger partial charge in [0.05, 0.1) is 61.0 Å². The number of benzene rings is 3. The average molecular weight is 1450 g/mol. The zero-order valence-corrected chi connectivity index (χ0v) is 64.5. The Bertz CT molecular complexity index is 3680. The van der Waals surface area contributed by atoms with Gasteiger partial charge in [-0.15, -0.1) is 4.52 Å². The fraction of sp³-hybridized carbons (Fsp3) is 0.500. The van der Waals surface area contributed by atoms with Crippen molar-refractivity contribution in [3.63, 3.8) is 0 Å². The fourth-order valence-corrected chi connectivity index (χ4v) is 20.0. The van der Waals surface area contributed by atoms with Crippen LogP contribution in [0.1, 0.15) is 116 Å². The Kier molecular flexibility index (Phi) is 35.0. The molecule has 97 heavy (non-hydrogen) atoms. The van der Waals surface area contributed by atoms with Crippen LogP contribution in [0.4, 0.5) is 17.1 Å². The van der Waals surface area contributed by atoms with Gasteiger partial charge in [0, 0.05) is 75.5 Å². The van der Waals surface area contributed by atoms with Crippen LogP contribution in [0.5, 0.6) is 17.2 Å². The quantitative estimate of drug-likeness (QED) is 0.0162. The summed E-state index contributed by atoms with van der Waals surface area (Å²) in [5.41, 5.74) is 19.1. The Morgan fingerprint density at radius 3 is 1.70 bits per heavy atom. The number of para-hydroxylation sites is 1. The second kappa shape index (κ2) is 41.1. The second-order valence-electron chi connectivity index (χ2n) is 24.3.